The first kappa shape index (κ1) is 20.1. The van der Waals surface area contributed by atoms with Gasteiger partial charge in [0.1, 0.15) is 5.54 Å². The van der Waals surface area contributed by atoms with E-state index in [1.807, 2.05) is 0 Å². The molecule has 0 spiro atoms. The van der Waals surface area contributed by atoms with Crippen molar-refractivity contribution in [3.8, 4) is 0 Å². The Kier molecular flexibility index (Phi) is 6.91. The van der Waals surface area contributed by atoms with Gasteiger partial charge in [-0.15, -0.1) is 0 Å². The van der Waals surface area contributed by atoms with E-state index in [9.17, 15) is 13.2 Å². The summed E-state index contributed by atoms with van der Waals surface area (Å²) in [5.41, 5.74) is -0.902. The van der Waals surface area contributed by atoms with Crippen LogP contribution >= 0.6 is 0 Å². The van der Waals surface area contributed by atoms with Gasteiger partial charge in [0.15, 0.2) is 0 Å². The minimum atomic E-state index is -3.31. The first-order valence-corrected chi connectivity index (χ1v) is 9.12. The Labute approximate surface area is 141 Å². The molecule has 1 aromatic heterocycles. The number of carbonyl (C=O) groups is 2. The lowest BCUT2D eigenvalue weighted by Crippen LogP contribution is -2.58. The zero-order valence-electron chi connectivity index (χ0n) is 14.1. The highest BCUT2D eigenvalue weighted by Crippen LogP contribution is 2.32. The van der Waals surface area contributed by atoms with Gasteiger partial charge in [-0.3, -0.25) is 9.59 Å². The Hall–Kier alpha value is -1.94. The molecule has 136 valence electrons. The van der Waals surface area contributed by atoms with Crippen molar-refractivity contribution in [2.75, 3.05) is 32.9 Å². The van der Waals surface area contributed by atoms with Gasteiger partial charge in [0.05, 0.1) is 12.1 Å². The van der Waals surface area contributed by atoms with Crippen LogP contribution in [-0.2, 0) is 25.2 Å². The maximum atomic E-state index is 12.7. The second kappa shape index (κ2) is 8.25. The molecule has 1 aliphatic rings. The van der Waals surface area contributed by atoms with Crippen LogP contribution < -0.4 is 0 Å². The standard InChI is InChI=1S/C13H22N4O3S.CH2O2/c1-4-21(19,20)17-8-5-6-13(10-17,12(18)15(2)3)16-9-7-14-11-16;2-1-3/h7,9,11H,4-6,8,10H2,1-3H3;1H,(H,2,3). The van der Waals surface area contributed by atoms with Gasteiger partial charge in [0, 0.05) is 39.6 Å². The fourth-order valence-corrected chi connectivity index (χ4v) is 4.02. The monoisotopic (exact) mass is 360 g/mol. The van der Waals surface area contributed by atoms with Gasteiger partial charge in [-0.25, -0.2) is 13.4 Å². The van der Waals surface area contributed by atoms with Crippen molar-refractivity contribution < 1.29 is 23.1 Å². The molecular weight excluding hydrogens is 336 g/mol. The van der Waals surface area contributed by atoms with E-state index < -0.39 is 15.6 Å². The molecule has 2 heterocycles. The summed E-state index contributed by atoms with van der Waals surface area (Å²) < 4.78 is 27.5. The number of hydrogen-bond acceptors (Lipinski definition) is 5. The van der Waals surface area contributed by atoms with Gasteiger partial charge in [-0.2, -0.15) is 4.31 Å². The van der Waals surface area contributed by atoms with Crippen LogP contribution in [-0.4, -0.2) is 77.6 Å². The summed E-state index contributed by atoms with van der Waals surface area (Å²) >= 11 is 0. The largest absolute Gasteiger partial charge is 0.483 e. The highest BCUT2D eigenvalue weighted by atomic mass is 32.2. The summed E-state index contributed by atoms with van der Waals surface area (Å²) in [5, 5.41) is 6.89. The summed E-state index contributed by atoms with van der Waals surface area (Å²) in [5.74, 6) is -0.0557. The topological polar surface area (TPSA) is 113 Å². The third kappa shape index (κ3) is 4.12. The fourth-order valence-electron chi connectivity index (χ4n) is 2.84. The molecule has 1 fully saturated rings. The first-order chi connectivity index (χ1) is 11.2. The van der Waals surface area contributed by atoms with E-state index in [1.54, 1.807) is 44.3 Å². The van der Waals surface area contributed by atoms with Crippen molar-refractivity contribution in [3.63, 3.8) is 0 Å². The van der Waals surface area contributed by atoms with Gasteiger partial charge in [-0.05, 0) is 19.8 Å². The van der Waals surface area contributed by atoms with Gasteiger partial charge < -0.3 is 14.6 Å². The van der Waals surface area contributed by atoms with Crippen molar-refractivity contribution in [2.24, 2.45) is 0 Å². The predicted molar refractivity (Wildman–Crippen MR) is 87.9 cm³/mol. The van der Waals surface area contributed by atoms with Crippen LogP contribution in [0, 0.1) is 0 Å². The number of aromatic nitrogens is 2. The minimum Gasteiger partial charge on any atom is -0.483 e. The van der Waals surface area contributed by atoms with E-state index in [0.717, 1.165) is 0 Å². The van der Waals surface area contributed by atoms with E-state index in [4.69, 9.17) is 9.90 Å². The molecular formula is C14H24N4O5S. The van der Waals surface area contributed by atoms with E-state index in [0.29, 0.717) is 19.4 Å². The van der Waals surface area contributed by atoms with Crippen molar-refractivity contribution >= 4 is 22.4 Å². The molecule has 1 amide bonds. The van der Waals surface area contributed by atoms with Crippen LogP contribution in [0.5, 0.6) is 0 Å². The molecule has 0 aromatic carbocycles. The zero-order chi connectivity index (χ0) is 18.4. The summed E-state index contributed by atoms with van der Waals surface area (Å²) in [7, 11) is 0.0638. The number of carbonyl (C=O) groups excluding carboxylic acids is 1. The van der Waals surface area contributed by atoms with E-state index >= 15 is 0 Å². The number of sulfonamides is 1. The van der Waals surface area contributed by atoms with Gasteiger partial charge in [0.2, 0.25) is 15.9 Å². The van der Waals surface area contributed by atoms with Crippen molar-refractivity contribution in [2.45, 2.75) is 25.3 Å². The zero-order valence-corrected chi connectivity index (χ0v) is 14.9. The van der Waals surface area contributed by atoms with Crippen LogP contribution in [0.15, 0.2) is 18.7 Å². The first-order valence-electron chi connectivity index (χ1n) is 7.51. The van der Waals surface area contributed by atoms with Crippen molar-refractivity contribution in [1.82, 2.24) is 18.8 Å². The number of nitrogens with zero attached hydrogens (tertiary/aromatic N) is 4. The second-order valence-corrected chi connectivity index (χ2v) is 7.90. The number of amides is 1. The molecule has 1 atom stereocenters. The molecule has 10 heteroatoms. The lowest BCUT2D eigenvalue weighted by atomic mass is 9.88. The fraction of sp³-hybridized carbons (Fsp3) is 0.643. The van der Waals surface area contributed by atoms with Crippen LogP contribution in [0.4, 0.5) is 0 Å². The Morgan fingerprint density at radius 2 is 2.08 bits per heavy atom. The van der Waals surface area contributed by atoms with E-state index in [2.05, 4.69) is 4.98 Å². The van der Waals surface area contributed by atoms with Crippen molar-refractivity contribution in [3.05, 3.63) is 18.7 Å². The molecule has 0 saturated carbocycles. The number of piperidine rings is 1. The highest BCUT2D eigenvalue weighted by Gasteiger charge is 2.46. The molecule has 0 bridgehead atoms. The lowest BCUT2D eigenvalue weighted by Gasteiger charge is -2.42. The van der Waals surface area contributed by atoms with Crippen molar-refractivity contribution in [1.29, 1.82) is 0 Å². The van der Waals surface area contributed by atoms with E-state index in [1.165, 1.54) is 9.21 Å². The Morgan fingerprint density at radius 3 is 2.54 bits per heavy atom. The molecule has 1 saturated heterocycles. The normalized spacial score (nSPS) is 21.5. The average Bonchev–Trinajstić information content (AvgIpc) is 3.09. The molecule has 0 aliphatic carbocycles. The lowest BCUT2D eigenvalue weighted by molar-refractivity contribution is -0.140. The Morgan fingerprint density at radius 1 is 1.46 bits per heavy atom. The summed E-state index contributed by atoms with van der Waals surface area (Å²) in [4.78, 5) is 26.6. The maximum absolute atomic E-state index is 12.7. The molecule has 2 rings (SSSR count). The predicted octanol–water partition coefficient (Wildman–Crippen LogP) is -0.187. The molecule has 1 N–H and O–H groups in total. The van der Waals surface area contributed by atoms with Gasteiger partial charge in [-0.1, -0.05) is 0 Å². The molecule has 24 heavy (non-hydrogen) atoms. The average molecular weight is 360 g/mol. The molecule has 1 aromatic rings. The van der Waals surface area contributed by atoms with Crippen LogP contribution in [0.3, 0.4) is 0 Å². The molecule has 1 unspecified atom stereocenters. The smallest absolute Gasteiger partial charge is 0.290 e. The molecule has 1 aliphatic heterocycles. The number of imidazole rings is 1. The molecule has 9 nitrogen and oxygen atoms in total. The third-order valence-corrected chi connectivity index (χ3v) is 5.82. The number of likely N-dealkylation sites (N-methyl/N-ethyl adjacent to an activating group) is 1. The van der Waals surface area contributed by atoms with Gasteiger partial charge in [0.25, 0.3) is 6.47 Å². The maximum Gasteiger partial charge on any atom is 0.290 e. The van der Waals surface area contributed by atoms with Gasteiger partial charge >= 0.3 is 0 Å². The number of hydrogen-bond donors (Lipinski definition) is 1. The summed E-state index contributed by atoms with van der Waals surface area (Å²) in [6.07, 6.45) is 6.18. The molecule has 0 radical (unpaired) electrons. The third-order valence-electron chi connectivity index (χ3n) is 4.00. The summed E-state index contributed by atoms with van der Waals surface area (Å²) in [6, 6.07) is 0. The summed E-state index contributed by atoms with van der Waals surface area (Å²) in [6.45, 7) is 2.00. The van der Waals surface area contributed by atoms with Crippen LogP contribution in [0.25, 0.3) is 0 Å². The van der Waals surface area contributed by atoms with Crippen LogP contribution in [0.2, 0.25) is 0 Å². The minimum absolute atomic E-state index is 0.0448. The SMILES string of the molecule is CCS(=O)(=O)N1CCCC(C(=O)N(C)C)(n2ccnc2)C1.O=CO. The Balaban J connectivity index is 0.000000891. The second-order valence-electron chi connectivity index (χ2n) is 5.64. The number of rotatable bonds is 4. The number of carboxylic acid groups (broad SMARTS) is 1. The van der Waals surface area contributed by atoms with Crippen LogP contribution in [0.1, 0.15) is 19.8 Å². The quantitative estimate of drug-likeness (QED) is 0.745. The van der Waals surface area contributed by atoms with E-state index in [-0.39, 0.29) is 24.7 Å². The highest BCUT2D eigenvalue weighted by molar-refractivity contribution is 7.89. The Bertz CT molecular complexity index is 644.